The van der Waals surface area contributed by atoms with E-state index in [1.807, 2.05) is 0 Å². The first-order valence-corrected chi connectivity index (χ1v) is 5.96. The van der Waals surface area contributed by atoms with E-state index >= 15 is 0 Å². The average molecular weight is 327 g/mol. The van der Waals surface area contributed by atoms with Crippen LogP contribution in [0.4, 0.5) is 4.39 Å². The molecule has 1 N–H and O–H groups in total. The lowest BCUT2D eigenvalue weighted by molar-refractivity contribution is 0.0695. The van der Waals surface area contributed by atoms with Crippen LogP contribution in [-0.2, 0) is 0 Å². The standard InChI is InChI=1S/C12H8BrFN2O3/c1-6-8(11(17)18)5-15-12(16-6)19-10-3-2-7(14)4-9(10)13/h2-5H,1H3,(H,17,18). The van der Waals surface area contributed by atoms with Crippen molar-refractivity contribution in [2.75, 3.05) is 0 Å². The van der Waals surface area contributed by atoms with Gasteiger partial charge in [-0.15, -0.1) is 0 Å². The molecule has 0 amide bonds. The molecule has 19 heavy (non-hydrogen) atoms. The van der Waals surface area contributed by atoms with Crippen molar-refractivity contribution in [3.8, 4) is 11.8 Å². The molecule has 2 rings (SSSR count). The highest BCUT2D eigenvalue weighted by Gasteiger charge is 2.12. The van der Waals surface area contributed by atoms with E-state index in [1.54, 1.807) is 0 Å². The first kappa shape index (κ1) is 13.4. The van der Waals surface area contributed by atoms with Gasteiger partial charge >= 0.3 is 12.0 Å². The van der Waals surface area contributed by atoms with E-state index in [0.29, 0.717) is 10.2 Å². The number of aryl methyl sites for hydroxylation is 1. The minimum absolute atomic E-state index is 0.00481. The molecular formula is C12H8BrFN2O3. The van der Waals surface area contributed by atoms with E-state index in [0.717, 1.165) is 6.20 Å². The number of carbonyl (C=O) groups is 1. The third-order valence-corrected chi connectivity index (χ3v) is 2.90. The van der Waals surface area contributed by atoms with Gasteiger partial charge in [-0.25, -0.2) is 14.2 Å². The average Bonchev–Trinajstić information content (AvgIpc) is 2.32. The van der Waals surface area contributed by atoms with Crippen LogP contribution in [0.2, 0.25) is 0 Å². The van der Waals surface area contributed by atoms with Gasteiger partial charge in [0.25, 0.3) is 0 Å². The molecule has 0 atom stereocenters. The molecule has 0 saturated heterocycles. The van der Waals surface area contributed by atoms with Crippen LogP contribution in [0.5, 0.6) is 11.8 Å². The highest BCUT2D eigenvalue weighted by Crippen LogP contribution is 2.28. The molecule has 98 valence electrons. The molecule has 2 aromatic rings. The zero-order valence-corrected chi connectivity index (χ0v) is 11.3. The maximum atomic E-state index is 12.9. The fourth-order valence-corrected chi connectivity index (χ4v) is 1.79. The Hall–Kier alpha value is -2.02. The highest BCUT2D eigenvalue weighted by molar-refractivity contribution is 9.10. The predicted octanol–water partition coefficient (Wildman–Crippen LogP) is 3.18. The summed E-state index contributed by atoms with van der Waals surface area (Å²) in [6, 6.07) is 3.89. The number of hydrogen-bond acceptors (Lipinski definition) is 4. The largest absolute Gasteiger partial charge is 0.478 e. The Labute approximate surface area is 116 Å². The minimum atomic E-state index is -1.10. The van der Waals surface area contributed by atoms with Crippen LogP contribution in [0.3, 0.4) is 0 Å². The van der Waals surface area contributed by atoms with Crippen molar-refractivity contribution in [1.29, 1.82) is 0 Å². The zero-order chi connectivity index (χ0) is 14.0. The van der Waals surface area contributed by atoms with Gasteiger partial charge in [-0.2, -0.15) is 4.98 Å². The molecule has 5 nitrogen and oxygen atoms in total. The number of nitrogens with zero attached hydrogens (tertiary/aromatic N) is 2. The van der Waals surface area contributed by atoms with E-state index in [1.165, 1.54) is 25.1 Å². The number of ether oxygens (including phenoxy) is 1. The minimum Gasteiger partial charge on any atom is -0.478 e. The number of aromatic carboxylic acids is 1. The third-order valence-electron chi connectivity index (χ3n) is 2.28. The summed E-state index contributed by atoms with van der Waals surface area (Å²) in [5, 5.41) is 8.85. The zero-order valence-electron chi connectivity index (χ0n) is 9.72. The van der Waals surface area contributed by atoms with Gasteiger partial charge in [0, 0.05) is 6.20 Å². The van der Waals surface area contributed by atoms with E-state index in [2.05, 4.69) is 25.9 Å². The molecule has 0 aliphatic heterocycles. The Morgan fingerprint density at radius 3 is 2.79 bits per heavy atom. The van der Waals surface area contributed by atoms with Crippen molar-refractivity contribution < 1.29 is 19.0 Å². The van der Waals surface area contributed by atoms with Crippen LogP contribution in [0.25, 0.3) is 0 Å². The second-order valence-electron chi connectivity index (χ2n) is 3.63. The number of rotatable bonds is 3. The Morgan fingerprint density at radius 2 is 2.21 bits per heavy atom. The van der Waals surface area contributed by atoms with Gasteiger partial charge in [0.2, 0.25) is 0 Å². The van der Waals surface area contributed by atoms with Crippen molar-refractivity contribution >= 4 is 21.9 Å². The second-order valence-corrected chi connectivity index (χ2v) is 4.49. The molecule has 1 heterocycles. The molecular weight excluding hydrogens is 319 g/mol. The Bertz CT molecular complexity index is 649. The Morgan fingerprint density at radius 1 is 1.47 bits per heavy atom. The summed E-state index contributed by atoms with van der Waals surface area (Å²) in [7, 11) is 0. The molecule has 7 heteroatoms. The maximum Gasteiger partial charge on any atom is 0.339 e. The smallest absolute Gasteiger partial charge is 0.339 e. The molecule has 0 fully saturated rings. The fourth-order valence-electron chi connectivity index (χ4n) is 1.36. The van der Waals surface area contributed by atoms with E-state index in [-0.39, 0.29) is 17.3 Å². The number of hydrogen-bond donors (Lipinski definition) is 1. The number of halogens is 2. The van der Waals surface area contributed by atoms with E-state index in [9.17, 15) is 9.18 Å². The second kappa shape index (κ2) is 5.31. The summed E-state index contributed by atoms with van der Waals surface area (Å²) in [5.41, 5.74) is 0.293. The van der Waals surface area contributed by atoms with E-state index in [4.69, 9.17) is 9.84 Å². The fraction of sp³-hybridized carbons (Fsp3) is 0.0833. The lowest BCUT2D eigenvalue weighted by Crippen LogP contribution is -2.04. The molecule has 0 bridgehead atoms. The van der Waals surface area contributed by atoms with Gasteiger partial charge in [0.15, 0.2) is 0 Å². The van der Waals surface area contributed by atoms with Gasteiger partial charge in [-0.1, -0.05) is 0 Å². The van der Waals surface area contributed by atoms with Crippen molar-refractivity contribution in [1.82, 2.24) is 9.97 Å². The number of carboxylic acids is 1. The molecule has 0 radical (unpaired) electrons. The van der Waals surface area contributed by atoms with Crippen LogP contribution in [0, 0.1) is 12.7 Å². The first-order valence-electron chi connectivity index (χ1n) is 5.17. The predicted molar refractivity (Wildman–Crippen MR) is 67.9 cm³/mol. The van der Waals surface area contributed by atoms with Crippen molar-refractivity contribution in [3.63, 3.8) is 0 Å². The summed E-state index contributed by atoms with van der Waals surface area (Å²) < 4.78 is 18.7. The van der Waals surface area contributed by atoms with Gasteiger partial charge in [-0.3, -0.25) is 0 Å². The van der Waals surface area contributed by atoms with Gasteiger partial charge < -0.3 is 9.84 Å². The summed E-state index contributed by atoms with van der Waals surface area (Å²) in [5.74, 6) is -1.17. The lowest BCUT2D eigenvalue weighted by atomic mass is 10.2. The Balaban J connectivity index is 2.29. The molecule has 0 aliphatic rings. The Kier molecular flexibility index (Phi) is 3.75. The van der Waals surface area contributed by atoms with Crippen LogP contribution >= 0.6 is 15.9 Å². The SMILES string of the molecule is Cc1nc(Oc2ccc(F)cc2Br)ncc1C(=O)O. The van der Waals surface area contributed by atoms with Crippen LogP contribution < -0.4 is 4.74 Å². The van der Waals surface area contributed by atoms with Crippen LogP contribution in [0.1, 0.15) is 16.1 Å². The first-order chi connectivity index (χ1) is 8.97. The lowest BCUT2D eigenvalue weighted by Gasteiger charge is -2.07. The third kappa shape index (κ3) is 3.05. The molecule has 0 aliphatic carbocycles. The summed E-state index contributed by atoms with van der Waals surface area (Å²) in [6.07, 6.45) is 1.16. The van der Waals surface area contributed by atoms with E-state index < -0.39 is 11.8 Å². The summed E-state index contributed by atoms with van der Waals surface area (Å²) >= 11 is 3.15. The summed E-state index contributed by atoms with van der Waals surface area (Å²) in [6.45, 7) is 1.54. The van der Waals surface area contributed by atoms with Crippen LogP contribution in [-0.4, -0.2) is 21.0 Å². The topological polar surface area (TPSA) is 72.3 Å². The van der Waals surface area contributed by atoms with Gasteiger partial charge in [0.1, 0.15) is 11.6 Å². The van der Waals surface area contributed by atoms with Gasteiger partial charge in [0.05, 0.1) is 15.7 Å². The molecule has 0 saturated carbocycles. The number of benzene rings is 1. The molecule has 0 spiro atoms. The molecule has 1 aromatic heterocycles. The maximum absolute atomic E-state index is 12.9. The van der Waals surface area contributed by atoms with Crippen molar-refractivity contribution in [2.45, 2.75) is 6.92 Å². The highest BCUT2D eigenvalue weighted by atomic mass is 79.9. The normalized spacial score (nSPS) is 10.3. The molecule has 1 aromatic carbocycles. The van der Waals surface area contributed by atoms with Crippen LogP contribution in [0.15, 0.2) is 28.9 Å². The molecule has 0 unspecified atom stereocenters. The van der Waals surface area contributed by atoms with Crippen molar-refractivity contribution in [3.05, 3.63) is 45.9 Å². The van der Waals surface area contributed by atoms with Gasteiger partial charge in [-0.05, 0) is 41.1 Å². The number of aromatic nitrogens is 2. The monoisotopic (exact) mass is 326 g/mol. The quantitative estimate of drug-likeness (QED) is 0.937. The van der Waals surface area contributed by atoms with Crippen molar-refractivity contribution in [2.24, 2.45) is 0 Å². The number of carboxylic acid groups (broad SMARTS) is 1. The summed E-state index contributed by atoms with van der Waals surface area (Å²) in [4.78, 5) is 18.5.